The molecule has 1 rings (SSSR count). The number of hydrogen-bond acceptors (Lipinski definition) is 4. The summed E-state index contributed by atoms with van der Waals surface area (Å²) >= 11 is 0. The van der Waals surface area contributed by atoms with Crippen LogP contribution in [0.15, 0.2) is 12.2 Å². The second-order valence-corrected chi connectivity index (χ2v) is 2.34. The lowest BCUT2D eigenvalue weighted by molar-refractivity contribution is -0.137. The Morgan fingerprint density at radius 3 is 1.92 bits per heavy atom. The Bertz CT molecular complexity index is 218. The minimum atomic E-state index is -0.463. The van der Waals surface area contributed by atoms with Gasteiger partial charge in [0, 0.05) is 18.6 Å². The standard InChI is InChI=1S/C4H4N2O2.C4H8O/c5-6-3(7)1-2-4(6)8;1-2-3-4-5/h1-2H,5H2;4H,2-3H2,1H3. The first-order valence-corrected chi connectivity index (χ1v) is 3.88. The van der Waals surface area contributed by atoms with E-state index in [9.17, 15) is 14.4 Å². The van der Waals surface area contributed by atoms with E-state index in [1.165, 1.54) is 0 Å². The Morgan fingerprint density at radius 2 is 1.85 bits per heavy atom. The summed E-state index contributed by atoms with van der Waals surface area (Å²) in [5.74, 6) is 3.97. The van der Waals surface area contributed by atoms with E-state index in [1.807, 2.05) is 6.92 Å². The Labute approximate surface area is 76.2 Å². The first-order chi connectivity index (χ1) is 6.13. The van der Waals surface area contributed by atoms with Gasteiger partial charge in [0.15, 0.2) is 0 Å². The highest BCUT2D eigenvalue weighted by Crippen LogP contribution is 1.94. The second-order valence-electron chi connectivity index (χ2n) is 2.34. The third kappa shape index (κ3) is 4.17. The van der Waals surface area contributed by atoms with Crippen LogP contribution in [-0.4, -0.2) is 23.1 Å². The van der Waals surface area contributed by atoms with Crippen LogP contribution >= 0.6 is 0 Å². The molecule has 0 saturated carbocycles. The number of rotatable bonds is 2. The van der Waals surface area contributed by atoms with Crippen LogP contribution in [0.1, 0.15) is 19.8 Å². The maximum absolute atomic E-state index is 10.3. The molecule has 0 radical (unpaired) electrons. The normalized spacial score (nSPS) is 14.2. The molecule has 1 aliphatic heterocycles. The predicted octanol–water partition coefficient (Wildman–Crippen LogP) is -0.229. The molecule has 13 heavy (non-hydrogen) atoms. The van der Waals surface area contributed by atoms with Gasteiger partial charge in [-0.25, -0.2) is 10.9 Å². The third-order valence-electron chi connectivity index (χ3n) is 1.25. The average Bonchev–Trinajstić information content (AvgIpc) is 2.39. The SMILES string of the molecule is CCCC=O.NN1C(=O)C=CC1=O. The van der Waals surface area contributed by atoms with Crippen LogP contribution in [0.2, 0.25) is 0 Å². The summed E-state index contributed by atoms with van der Waals surface area (Å²) in [6.45, 7) is 1.98. The van der Waals surface area contributed by atoms with Gasteiger partial charge in [0.2, 0.25) is 0 Å². The number of unbranched alkanes of at least 4 members (excludes halogenated alkanes) is 1. The van der Waals surface area contributed by atoms with Gasteiger partial charge in [0.25, 0.3) is 11.8 Å². The maximum Gasteiger partial charge on any atom is 0.268 e. The molecule has 0 aromatic rings. The predicted molar refractivity (Wildman–Crippen MR) is 46.2 cm³/mol. The molecule has 0 aromatic carbocycles. The Balaban J connectivity index is 0.000000252. The van der Waals surface area contributed by atoms with Crippen molar-refractivity contribution in [1.29, 1.82) is 0 Å². The molecule has 0 fully saturated rings. The Morgan fingerprint density at radius 1 is 1.38 bits per heavy atom. The van der Waals surface area contributed by atoms with E-state index in [4.69, 9.17) is 5.84 Å². The minimum Gasteiger partial charge on any atom is -0.303 e. The highest BCUT2D eigenvalue weighted by Gasteiger charge is 2.18. The summed E-state index contributed by atoms with van der Waals surface area (Å²) in [4.78, 5) is 30.0. The topological polar surface area (TPSA) is 80.5 Å². The van der Waals surface area contributed by atoms with E-state index in [0.29, 0.717) is 11.4 Å². The number of hydrogen-bond donors (Lipinski definition) is 1. The smallest absolute Gasteiger partial charge is 0.268 e. The first kappa shape index (κ1) is 11.5. The number of hydrazine groups is 1. The molecule has 2 N–H and O–H groups in total. The fourth-order valence-electron chi connectivity index (χ4n) is 0.530. The molecule has 1 heterocycles. The van der Waals surface area contributed by atoms with Crippen LogP contribution < -0.4 is 5.84 Å². The zero-order valence-electron chi connectivity index (χ0n) is 7.40. The largest absolute Gasteiger partial charge is 0.303 e. The van der Waals surface area contributed by atoms with Crippen molar-refractivity contribution in [3.8, 4) is 0 Å². The van der Waals surface area contributed by atoms with Crippen molar-refractivity contribution in [3.63, 3.8) is 0 Å². The molecule has 5 heteroatoms. The molecule has 0 spiro atoms. The van der Waals surface area contributed by atoms with E-state index >= 15 is 0 Å². The van der Waals surface area contributed by atoms with Gasteiger partial charge >= 0.3 is 0 Å². The van der Waals surface area contributed by atoms with Crippen LogP contribution in [0, 0.1) is 0 Å². The Hall–Kier alpha value is -1.49. The molecule has 0 bridgehead atoms. The van der Waals surface area contributed by atoms with Gasteiger partial charge in [-0.1, -0.05) is 6.92 Å². The lowest BCUT2D eigenvalue weighted by Crippen LogP contribution is -2.36. The molecule has 0 saturated heterocycles. The lowest BCUT2D eigenvalue weighted by Gasteiger charge is -2.01. The molecular formula is C8H12N2O3. The van der Waals surface area contributed by atoms with E-state index in [2.05, 4.69) is 0 Å². The summed E-state index contributed by atoms with van der Waals surface area (Å²) in [5, 5.41) is 0.556. The summed E-state index contributed by atoms with van der Waals surface area (Å²) in [7, 11) is 0. The van der Waals surface area contributed by atoms with E-state index in [-0.39, 0.29) is 0 Å². The van der Waals surface area contributed by atoms with Crippen molar-refractivity contribution in [2.24, 2.45) is 5.84 Å². The van der Waals surface area contributed by atoms with Crippen molar-refractivity contribution in [3.05, 3.63) is 12.2 Å². The number of amides is 2. The Kier molecular flexibility index (Phi) is 5.38. The summed E-state index contributed by atoms with van der Waals surface area (Å²) < 4.78 is 0. The minimum absolute atomic E-state index is 0.463. The molecule has 0 aromatic heterocycles. The van der Waals surface area contributed by atoms with Gasteiger partial charge in [-0.3, -0.25) is 9.59 Å². The van der Waals surface area contributed by atoms with Gasteiger partial charge in [-0.2, -0.15) is 0 Å². The van der Waals surface area contributed by atoms with Crippen LogP contribution in [-0.2, 0) is 14.4 Å². The quantitative estimate of drug-likeness (QED) is 0.278. The van der Waals surface area contributed by atoms with Crippen molar-refractivity contribution < 1.29 is 14.4 Å². The summed E-state index contributed by atoms with van der Waals surface area (Å²) in [6.07, 6.45) is 4.87. The molecule has 0 atom stereocenters. The van der Waals surface area contributed by atoms with E-state index in [0.717, 1.165) is 24.9 Å². The lowest BCUT2D eigenvalue weighted by atomic mass is 10.4. The molecule has 5 nitrogen and oxygen atoms in total. The van der Waals surface area contributed by atoms with Crippen molar-refractivity contribution >= 4 is 18.1 Å². The molecule has 0 unspecified atom stereocenters. The molecule has 72 valence electrons. The van der Waals surface area contributed by atoms with Gasteiger partial charge in [0.1, 0.15) is 6.29 Å². The zero-order valence-corrected chi connectivity index (χ0v) is 7.40. The van der Waals surface area contributed by atoms with E-state index < -0.39 is 11.8 Å². The first-order valence-electron chi connectivity index (χ1n) is 3.88. The molecule has 2 amide bonds. The van der Waals surface area contributed by atoms with Gasteiger partial charge in [-0.15, -0.1) is 0 Å². The van der Waals surface area contributed by atoms with Crippen molar-refractivity contribution in [2.45, 2.75) is 19.8 Å². The van der Waals surface area contributed by atoms with Crippen LogP contribution in [0.5, 0.6) is 0 Å². The van der Waals surface area contributed by atoms with Gasteiger partial charge < -0.3 is 4.79 Å². The van der Waals surface area contributed by atoms with Crippen molar-refractivity contribution in [2.75, 3.05) is 0 Å². The second kappa shape index (κ2) is 6.07. The molecular weight excluding hydrogens is 172 g/mol. The highest BCUT2D eigenvalue weighted by molar-refractivity contribution is 6.12. The summed E-state index contributed by atoms with van der Waals surface area (Å²) in [6, 6.07) is 0. The number of aldehydes is 1. The van der Waals surface area contributed by atoms with Gasteiger partial charge in [-0.05, 0) is 6.42 Å². The fourth-order valence-corrected chi connectivity index (χ4v) is 0.530. The zero-order chi connectivity index (χ0) is 10.3. The number of nitrogens with zero attached hydrogens (tertiary/aromatic N) is 1. The number of carbonyl (C=O) groups excluding carboxylic acids is 3. The number of nitrogens with two attached hydrogens (primary N) is 1. The van der Waals surface area contributed by atoms with Crippen molar-refractivity contribution in [1.82, 2.24) is 5.01 Å². The van der Waals surface area contributed by atoms with E-state index in [1.54, 1.807) is 0 Å². The summed E-state index contributed by atoms with van der Waals surface area (Å²) in [5.41, 5.74) is 0. The van der Waals surface area contributed by atoms with Gasteiger partial charge in [0.05, 0.1) is 0 Å². The average molecular weight is 184 g/mol. The number of carbonyl (C=O) groups is 3. The highest BCUT2D eigenvalue weighted by atomic mass is 16.2. The maximum atomic E-state index is 10.3. The number of imide groups is 1. The van der Waals surface area contributed by atoms with Crippen LogP contribution in [0.3, 0.4) is 0 Å². The third-order valence-corrected chi connectivity index (χ3v) is 1.25. The van der Waals surface area contributed by atoms with Crippen LogP contribution in [0.25, 0.3) is 0 Å². The van der Waals surface area contributed by atoms with Crippen LogP contribution in [0.4, 0.5) is 0 Å². The molecule has 1 aliphatic rings. The fraction of sp³-hybridized carbons (Fsp3) is 0.375. The monoisotopic (exact) mass is 184 g/mol. The molecule has 0 aliphatic carbocycles.